The summed E-state index contributed by atoms with van der Waals surface area (Å²) in [6, 6.07) is -1.52. The van der Waals surface area contributed by atoms with Crippen LogP contribution in [0.1, 0.15) is 245 Å². The first-order chi connectivity index (χ1) is 30.1. The molecular weight excluding hydrogens is 806 g/mol. The van der Waals surface area contributed by atoms with Gasteiger partial charge in [-0.05, 0) is 44.9 Å². The number of hydrogen-bond acceptors (Lipinski definition) is 9. The standard InChI is InChI=1S/C50H94NO10P/c1-3-5-7-9-11-13-15-17-19-21-22-23-24-26-27-29-31-33-35-37-39-41-48(52)58-43-46(44-59-62(56,57)60-45-47(51)50(54)55)61-49(53)42-40-38-36-34-32-30-28-25-20-18-16-14-12-10-8-6-4-2/h12,14,18,20,46-47H,3-11,13,15-17,19,21-45,51H2,1-2H3,(H,54,55)(H,56,57)/b14-12+,20-18+/t46-,47+/m1/s1. The molecule has 62 heavy (non-hydrogen) atoms. The summed E-state index contributed by atoms with van der Waals surface area (Å²) in [4.78, 5) is 46.1. The van der Waals surface area contributed by atoms with Gasteiger partial charge in [-0.2, -0.15) is 0 Å². The zero-order valence-electron chi connectivity index (χ0n) is 39.7. The second-order valence-corrected chi connectivity index (χ2v) is 18.8. The van der Waals surface area contributed by atoms with E-state index < -0.39 is 51.1 Å². The lowest BCUT2D eigenvalue weighted by atomic mass is 10.0. The molecule has 0 spiro atoms. The third-order valence-electron chi connectivity index (χ3n) is 11.2. The third kappa shape index (κ3) is 44.6. The average Bonchev–Trinajstić information content (AvgIpc) is 3.25. The van der Waals surface area contributed by atoms with Gasteiger partial charge in [0.05, 0.1) is 13.2 Å². The van der Waals surface area contributed by atoms with Crippen molar-refractivity contribution >= 4 is 25.7 Å². The van der Waals surface area contributed by atoms with Crippen LogP contribution in [0.25, 0.3) is 0 Å². The van der Waals surface area contributed by atoms with Gasteiger partial charge in [0, 0.05) is 12.8 Å². The molecule has 0 aromatic rings. The fourth-order valence-corrected chi connectivity index (χ4v) is 7.99. The number of nitrogens with two attached hydrogens (primary N) is 1. The Morgan fingerprint density at radius 3 is 1.29 bits per heavy atom. The zero-order valence-corrected chi connectivity index (χ0v) is 40.6. The van der Waals surface area contributed by atoms with Crippen LogP contribution in [0, 0.1) is 0 Å². The maximum atomic E-state index is 12.7. The van der Waals surface area contributed by atoms with Crippen LogP contribution in [0.4, 0.5) is 0 Å². The quantitative estimate of drug-likeness (QED) is 0.0230. The van der Waals surface area contributed by atoms with Crippen LogP contribution < -0.4 is 5.73 Å². The summed E-state index contributed by atoms with van der Waals surface area (Å²) in [5.41, 5.74) is 5.35. The van der Waals surface area contributed by atoms with Crippen LogP contribution in [-0.2, 0) is 37.5 Å². The predicted octanol–water partition coefficient (Wildman–Crippen LogP) is 14.2. The summed E-state index contributed by atoms with van der Waals surface area (Å²) in [5.74, 6) is -2.37. The first kappa shape index (κ1) is 60.0. The van der Waals surface area contributed by atoms with Crippen LogP contribution in [-0.4, -0.2) is 59.9 Å². The topological polar surface area (TPSA) is 172 Å². The maximum Gasteiger partial charge on any atom is 0.472 e. The van der Waals surface area contributed by atoms with E-state index in [1.807, 2.05) is 0 Å². The van der Waals surface area contributed by atoms with Crippen molar-refractivity contribution < 1.29 is 47.5 Å². The Kier molecular flexibility index (Phi) is 44.0. The maximum absolute atomic E-state index is 12.7. The molecule has 0 aliphatic carbocycles. The lowest BCUT2D eigenvalue weighted by Gasteiger charge is -2.20. The minimum absolute atomic E-state index is 0.155. The molecule has 11 nitrogen and oxygen atoms in total. The second-order valence-electron chi connectivity index (χ2n) is 17.3. The molecule has 1 unspecified atom stereocenters. The van der Waals surface area contributed by atoms with E-state index in [1.165, 1.54) is 148 Å². The molecule has 0 heterocycles. The van der Waals surface area contributed by atoms with E-state index >= 15 is 0 Å². The Morgan fingerprint density at radius 1 is 0.500 bits per heavy atom. The highest BCUT2D eigenvalue weighted by molar-refractivity contribution is 7.47. The fraction of sp³-hybridized carbons (Fsp3) is 0.860. The summed E-state index contributed by atoms with van der Waals surface area (Å²) in [5, 5.41) is 8.92. The van der Waals surface area contributed by atoms with Gasteiger partial charge in [0.2, 0.25) is 0 Å². The Hall–Kier alpha value is -2.04. The molecule has 0 rings (SSSR count). The van der Waals surface area contributed by atoms with Crippen molar-refractivity contribution in [3.05, 3.63) is 24.3 Å². The highest BCUT2D eigenvalue weighted by atomic mass is 31.2. The molecule has 0 bridgehead atoms. The van der Waals surface area contributed by atoms with Crippen LogP contribution in [0.15, 0.2) is 24.3 Å². The van der Waals surface area contributed by atoms with Crippen LogP contribution >= 0.6 is 7.82 Å². The van der Waals surface area contributed by atoms with Crippen molar-refractivity contribution in [2.24, 2.45) is 5.73 Å². The summed E-state index contributed by atoms with van der Waals surface area (Å²) in [6.45, 7) is 2.82. The number of carboxylic acid groups (broad SMARTS) is 1. The smallest absolute Gasteiger partial charge is 0.472 e. The van der Waals surface area contributed by atoms with Crippen LogP contribution in [0.3, 0.4) is 0 Å². The van der Waals surface area contributed by atoms with Gasteiger partial charge in [-0.25, -0.2) is 4.57 Å². The van der Waals surface area contributed by atoms with Gasteiger partial charge in [0.1, 0.15) is 12.6 Å². The third-order valence-corrected chi connectivity index (χ3v) is 12.2. The number of carboxylic acids is 1. The lowest BCUT2D eigenvalue weighted by molar-refractivity contribution is -0.161. The number of aliphatic carboxylic acids is 1. The van der Waals surface area contributed by atoms with Gasteiger partial charge >= 0.3 is 25.7 Å². The van der Waals surface area contributed by atoms with E-state index in [9.17, 15) is 23.8 Å². The number of carbonyl (C=O) groups is 3. The van der Waals surface area contributed by atoms with Gasteiger partial charge < -0.3 is 25.2 Å². The number of carbonyl (C=O) groups excluding carboxylic acids is 2. The van der Waals surface area contributed by atoms with Gasteiger partial charge in [-0.15, -0.1) is 0 Å². The zero-order chi connectivity index (χ0) is 45.6. The Labute approximate surface area is 379 Å². The van der Waals surface area contributed by atoms with Gasteiger partial charge in [0.15, 0.2) is 6.10 Å². The van der Waals surface area contributed by atoms with Crippen molar-refractivity contribution in [1.29, 1.82) is 0 Å². The minimum Gasteiger partial charge on any atom is -0.480 e. The molecule has 0 aliphatic rings. The van der Waals surface area contributed by atoms with Crippen molar-refractivity contribution in [2.45, 2.75) is 257 Å². The average molecular weight is 900 g/mol. The number of esters is 2. The summed E-state index contributed by atoms with van der Waals surface area (Å²) >= 11 is 0. The Bertz CT molecular complexity index is 1150. The van der Waals surface area contributed by atoms with E-state index in [2.05, 4.69) is 42.7 Å². The van der Waals surface area contributed by atoms with Crippen molar-refractivity contribution in [1.82, 2.24) is 0 Å². The van der Waals surface area contributed by atoms with Gasteiger partial charge in [0.25, 0.3) is 0 Å². The number of rotatable bonds is 48. The summed E-state index contributed by atoms with van der Waals surface area (Å²) in [7, 11) is -4.72. The number of allylic oxidation sites excluding steroid dienone is 4. The molecule has 0 radical (unpaired) electrons. The molecule has 0 aromatic carbocycles. The van der Waals surface area contributed by atoms with E-state index in [-0.39, 0.29) is 19.4 Å². The Balaban J connectivity index is 4.22. The van der Waals surface area contributed by atoms with Gasteiger partial charge in [-0.1, -0.05) is 212 Å². The van der Waals surface area contributed by atoms with Crippen LogP contribution in [0.2, 0.25) is 0 Å². The molecule has 0 fully saturated rings. The highest BCUT2D eigenvalue weighted by Gasteiger charge is 2.28. The molecule has 0 aliphatic heterocycles. The number of phosphoric acid groups is 1. The number of hydrogen-bond donors (Lipinski definition) is 3. The first-order valence-corrected chi connectivity index (χ1v) is 26.9. The second kappa shape index (κ2) is 45.5. The molecule has 0 aromatic heterocycles. The SMILES string of the molecule is CCCCC/C=C/C/C=C/CCCCCCCCCC(=O)O[C@H](COC(=O)CCCCCCCCCCCCCCCCCCCCCCC)COP(=O)(O)OC[C@H](N)C(=O)O. The summed E-state index contributed by atoms with van der Waals surface area (Å²) in [6.07, 6.45) is 49.5. The number of ether oxygens (including phenoxy) is 2. The molecular formula is C50H94NO10P. The number of phosphoric ester groups is 1. The van der Waals surface area contributed by atoms with Crippen LogP contribution in [0.5, 0.6) is 0 Å². The minimum atomic E-state index is -4.72. The Morgan fingerprint density at radius 2 is 0.855 bits per heavy atom. The fourth-order valence-electron chi connectivity index (χ4n) is 7.22. The molecule has 0 saturated heterocycles. The predicted molar refractivity (Wildman–Crippen MR) is 254 cm³/mol. The molecule has 364 valence electrons. The monoisotopic (exact) mass is 900 g/mol. The molecule has 3 atom stereocenters. The highest BCUT2D eigenvalue weighted by Crippen LogP contribution is 2.43. The molecule has 12 heteroatoms. The largest absolute Gasteiger partial charge is 0.480 e. The number of unbranched alkanes of at least 4 members (excludes halogenated alkanes) is 30. The van der Waals surface area contributed by atoms with E-state index in [4.69, 9.17) is 24.8 Å². The molecule has 0 amide bonds. The van der Waals surface area contributed by atoms with E-state index in [0.29, 0.717) is 12.8 Å². The van der Waals surface area contributed by atoms with Crippen molar-refractivity contribution in [2.75, 3.05) is 19.8 Å². The van der Waals surface area contributed by atoms with Crippen molar-refractivity contribution in [3.8, 4) is 0 Å². The van der Waals surface area contributed by atoms with E-state index in [0.717, 1.165) is 57.8 Å². The molecule has 0 saturated carbocycles. The van der Waals surface area contributed by atoms with E-state index in [1.54, 1.807) is 0 Å². The first-order valence-electron chi connectivity index (χ1n) is 25.4. The van der Waals surface area contributed by atoms with Crippen molar-refractivity contribution in [3.63, 3.8) is 0 Å². The molecule has 4 N–H and O–H groups in total. The lowest BCUT2D eigenvalue weighted by Crippen LogP contribution is -2.34. The van der Waals surface area contributed by atoms with Gasteiger partial charge in [-0.3, -0.25) is 23.4 Å². The summed E-state index contributed by atoms with van der Waals surface area (Å²) < 4.78 is 32.8. The normalized spacial score (nSPS) is 13.7.